The van der Waals surface area contributed by atoms with E-state index in [0.29, 0.717) is 29.2 Å². The third-order valence-electron chi connectivity index (χ3n) is 4.35. The van der Waals surface area contributed by atoms with Gasteiger partial charge in [0.1, 0.15) is 0 Å². The maximum atomic E-state index is 12.9. The first kappa shape index (κ1) is 18.7. The first-order chi connectivity index (χ1) is 12.4. The summed E-state index contributed by atoms with van der Waals surface area (Å²) in [6, 6.07) is 8.68. The second-order valence-electron chi connectivity index (χ2n) is 6.25. The van der Waals surface area contributed by atoms with Crippen LogP contribution in [0.4, 0.5) is 11.4 Å². The van der Waals surface area contributed by atoms with Crippen molar-refractivity contribution < 1.29 is 13.2 Å². The molecule has 8 heteroatoms. The van der Waals surface area contributed by atoms with Crippen LogP contribution in [0.15, 0.2) is 42.7 Å². The first-order valence-corrected chi connectivity index (χ1v) is 10.6. The Morgan fingerprint density at radius 1 is 1.31 bits per heavy atom. The molecule has 0 radical (unpaired) electrons. The number of halogens is 1. The van der Waals surface area contributed by atoms with Gasteiger partial charge in [-0.3, -0.25) is 9.78 Å². The summed E-state index contributed by atoms with van der Waals surface area (Å²) < 4.78 is 23.5. The molecule has 1 aromatic heterocycles. The number of rotatable bonds is 5. The molecule has 1 aliphatic heterocycles. The average Bonchev–Trinajstić information content (AvgIpc) is 2.95. The number of amides is 1. The van der Waals surface area contributed by atoms with Gasteiger partial charge in [-0.15, -0.1) is 0 Å². The van der Waals surface area contributed by atoms with Gasteiger partial charge in [-0.05, 0) is 37.6 Å². The van der Waals surface area contributed by atoms with Crippen LogP contribution in [0.5, 0.6) is 0 Å². The quantitative estimate of drug-likeness (QED) is 0.844. The highest BCUT2D eigenvalue weighted by Gasteiger charge is 2.34. The molecule has 0 spiro atoms. The Bertz CT molecular complexity index is 917. The molecule has 138 valence electrons. The highest BCUT2D eigenvalue weighted by molar-refractivity contribution is 7.91. The highest BCUT2D eigenvalue weighted by Crippen LogP contribution is 2.23. The number of pyridine rings is 1. The molecule has 1 aromatic carbocycles. The minimum absolute atomic E-state index is 0.0282. The van der Waals surface area contributed by atoms with E-state index in [4.69, 9.17) is 11.6 Å². The van der Waals surface area contributed by atoms with E-state index < -0.39 is 9.84 Å². The molecule has 0 saturated carbocycles. The van der Waals surface area contributed by atoms with Crippen molar-refractivity contribution in [2.75, 3.05) is 23.4 Å². The molecule has 1 fully saturated rings. The summed E-state index contributed by atoms with van der Waals surface area (Å²) in [7, 11) is -3.05. The van der Waals surface area contributed by atoms with Crippen LogP contribution in [0.2, 0.25) is 5.02 Å². The summed E-state index contributed by atoms with van der Waals surface area (Å²) in [5.41, 5.74) is 1.87. The number of carbonyl (C=O) groups excluding carboxylic acids is 1. The van der Waals surface area contributed by atoms with Crippen LogP contribution < -0.4 is 5.32 Å². The Balaban J connectivity index is 1.79. The number of aromatic nitrogens is 1. The van der Waals surface area contributed by atoms with Crippen LogP contribution >= 0.6 is 11.6 Å². The van der Waals surface area contributed by atoms with E-state index in [0.717, 1.165) is 5.69 Å². The molecule has 26 heavy (non-hydrogen) atoms. The number of hydrogen-bond donors (Lipinski definition) is 1. The van der Waals surface area contributed by atoms with E-state index in [-0.39, 0.29) is 23.5 Å². The van der Waals surface area contributed by atoms with E-state index in [1.165, 1.54) is 6.20 Å². The fourth-order valence-electron chi connectivity index (χ4n) is 3.11. The largest absolute Gasteiger partial charge is 0.354 e. The topological polar surface area (TPSA) is 79.4 Å². The summed E-state index contributed by atoms with van der Waals surface area (Å²) in [5, 5.41) is 3.77. The Labute approximate surface area is 158 Å². The van der Waals surface area contributed by atoms with Gasteiger partial charge in [0.2, 0.25) is 0 Å². The second kappa shape index (κ2) is 7.63. The number of carbonyl (C=O) groups is 1. The van der Waals surface area contributed by atoms with Crippen LogP contribution in [-0.2, 0) is 9.84 Å². The van der Waals surface area contributed by atoms with Gasteiger partial charge in [0.05, 0.1) is 29.0 Å². The summed E-state index contributed by atoms with van der Waals surface area (Å²) in [6.45, 7) is 2.30. The van der Waals surface area contributed by atoms with Crippen LogP contribution in [0, 0.1) is 0 Å². The van der Waals surface area contributed by atoms with Crippen molar-refractivity contribution in [3.63, 3.8) is 0 Å². The molecule has 0 aliphatic carbocycles. The predicted molar refractivity (Wildman–Crippen MR) is 103 cm³/mol. The van der Waals surface area contributed by atoms with Crippen molar-refractivity contribution in [3.8, 4) is 0 Å². The van der Waals surface area contributed by atoms with Crippen LogP contribution in [0.1, 0.15) is 23.7 Å². The van der Waals surface area contributed by atoms with E-state index in [9.17, 15) is 13.2 Å². The molecule has 1 unspecified atom stereocenters. The molecule has 1 saturated heterocycles. The third-order valence-corrected chi connectivity index (χ3v) is 6.33. The molecule has 3 rings (SSSR count). The monoisotopic (exact) mass is 393 g/mol. The van der Waals surface area contributed by atoms with Gasteiger partial charge >= 0.3 is 0 Å². The normalized spacial score (nSPS) is 18.5. The smallest absolute Gasteiger partial charge is 0.255 e. The molecule has 2 heterocycles. The summed E-state index contributed by atoms with van der Waals surface area (Å²) >= 11 is 5.98. The van der Waals surface area contributed by atoms with Crippen molar-refractivity contribution in [2.45, 2.75) is 19.4 Å². The molecular formula is C18H20ClN3O3S. The molecule has 2 aromatic rings. The Morgan fingerprint density at radius 2 is 2.12 bits per heavy atom. The van der Waals surface area contributed by atoms with Crippen LogP contribution in [0.3, 0.4) is 0 Å². The van der Waals surface area contributed by atoms with Gasteiger partial charge in [0.25, 0.3) is 5.91 Å². The van der Waals surface area contributed by atoms with Crippen LogP contribution in [-0.4, -0.2) is 48.3 Å². The van der Waals surface area contributed by atoms with Crippen molar-refractivity contribution in [1.82, 2.24) is 9.88 Å². The Morgan fingerprint density at radius 3 is 2.77 bits per heavy atom. The number of anilines is 2. The lowest BCUT2D eigenvalue weighted by Crippen LogP contribution is -2.41. The summed E-state index contributed by atoms with van der Waals surface area (Å²) in [6.07, 6.45) is 3.60. The minimum Gasteiger partial charge on any atom is -0.354 e. The maximum Gasteiger partial charge on any atom is 0.255 e. The number of sulfone groups is 1. The van der Waals surface area contributed by atoms with Gasteiger partial charge in [-0.25, -0.2) is 8.42 Å². The molecule has 6 nitrogen and oxygen atoms in total. The van der Waals surface area contributed by atoms with E-state index in [1.54, 1.807) is 29.3 Å². The zero-order valence-corrected chi connectivity index (χ0v) is 15.9. The molecule has 1 amide bonds. The van der Waals surface area contributed by atoms with Gasteiger partial charge in [-0.1, -0.05) is 17.7 Å². The second-order valence-corrected chi connectivity index (χ2v) is 8.91. The number of nitrogens with one attached hydrogen (secondary N) is 1. The molecule has 1 atom stereocenters. The van der Waals surface area contributed by atoms with Gasteiger partial charge in [-0.2, -0.15) is 0 Å². The van der Waals surface area contributed by atoms with Crippen molar-refractivity contribution >= 4 is 38.7 Å². The Kier molecular flexibility index (Phi) is 5.48. The molecule has 0 bridgehead atoms. The van der Waals surface area contributed by atoms with Gasteiger partial charge in [0, 0.05) is 29.5 Å². The van der Waals surface area contributed by atoms with Crippen molar-refractivity contribution in [1.29, 1.82) is 0 Å². The fourth-order valence-corrected chi connectivity index (χ4v) is 5.03. The minimum atomic E-state index is -3.05. The fraction of sp³-hybridized carbons (Fsp3) is 0.333. The zero-order valence-electron chi connectivity index (χ0n) is 14.4. The van der Waals surface area contributed by atoms with Gasteiger partial charge < -0.3 is 10.2 Å². The number of benzene rings is 1. The lowest BCUT2D eigenvalue weighted by molar-refractivity contribution is 0.0708. The third kappa shape index (κ3) is 4.34. The molecule has 1 N–H and O–H groups in total. The SMILES string of the molecule is CCN(C(=O)c1cncc(Nc2cccc(Cl)c2)c1)C1CCS(=O)(=O)C1. The lowest BCUT2D eigenvalue weighted by Gasteiger charge is -2.27. The Hall–Kier alpha value is -2.12. The average molecular weight is 394 g/mol. The standard InChI is InChI=1S/C18H20ClN3O3S/c1-2-22(17-6-7-26(24,25)12-17)18(23)13-8-16(11-20-10-13)21-15-5-3-4-14(19)9-15/h3-5,8-11,17,21H,2,6-7,12H2,1H3. The highest BCUT2D eigenvalue weighted by atomic mass is 35.5. The maximum absolute atomic E-state index is 12.9. The van der Waals surface area contributed by atoms with Gasteiger partial charge in [0.15, 0.2) is 9.84 Å². The van der Waals surface area contributed by atoms with Crippen LogP contribution in [0.25, 0.3) is 0 Å². The first-order valence-electron chi connectivity index (χ1n) is 8.37. The van der Waals surface area contributed by atoms with E-state index >= 15 is 0 Å². The van der Waals surface area contributed by atoms with E-state index in [2.05, 4.69) is 10.3 Å². The lowest BCUT2D eigenvalue weighted by atomic mass is 10.1. The predicted octanol–water partition coefficient (Wildman–Crippen LogP) is 3.13. The summed E-state index contributed by atoms with van der Waals surface area (Å²) in [5.74, 6) is -0.0480. The number of hydrogen-bond acceptors (Lipinski definition) is 5. The molecular weight excluding hydrogens is 374 g/mol. The zero-order chi connectivity index (χ0) is 18.7. The van der Waals surface area contributed by atoms with Crippen molar-refractivity contribution in [2.24, 2.45) is 0 Å². The van der Waals surface area contributed by atoms with E-state index in [1.807, 2.05) is 19.1 Å². The molecule has 1 aliphatic rings. The number of nitrogens with zero attached hydrogens (tertiary/aromatic N) is 2. The van der Waals surface area contributed by atoms with Crippen molar-refractivity contribution in [3.05, 3.63) is 53.3 Å². The summed E-state index contributed by atoms with van der Waals surface area (Å²) in [4.78, 5) is 18.6.